The van der Waals surface area contributed by atoms with Crippen LogP contribution in [0.25, 0.3) is 0 Å². The number of nitrogens with zero attached hydrogens (tertiary/aromatic N) is 4. The van der Waals surface area contributed by atoms with Crippen molar-refractivity contribution in [2.24, 2.45) is 0 Å². The van der Waals surface area contributed by atoms with Gasteiger partial charge >= 0.3 is 0 Å². The van der Waals surface area contributed by atoms with Gasteiger partial charge in [0.25, 0.3) is 0 Å². The van der Waals surface area contributed by atoms with Crippen LogP contribution in [0.1, 0.15) is 41.4 Å². The van der Waals surface area contributed by atoms with E-state index in [0.29, 0.717) is 0 Å². The van der Waals surface area contributed by atoms with Crippen molar-refractivity contribution in [2.75, 3.05) is 20.1 Å². The summed E-state index contributed by atoms with van der Waals surface area (Å²) in [5, 5.41) is 3.28. The van der Waals surface area contributed by atoms with Crippen molar-refractivity contribution in [2.45, 2.75) is 44.2 Å². The van der Waals surface area contributed by atoms with Crippen molar-refractivity contribution in [3.63, 3.8) is 0 Å². The predicted octanol–water partition coefficient (Wildman–Crippen LogP) is 2.83. The van der Waals surface area contributed by atoms with E-state index in [1.165, 1.54) is 5.69 Å². The Morgan fingerprint density at radius 1 is 1.36 bits per heavy atom. The molecule has 2 aromatic heterocycles. The largest absolute Gasteiger partial charge is 0.339 e. The highest BCUT2D eigenvalue weighted by Crippen LogP contribution is 2.44. The molecule has 0 aliphatic carbocycles. The Labute approximate surface area is 152 Å². The molecule has 0 aromatic carbocycles. The molecule has 0 bridgehead atoms. The summed E-state index contributed by atoms with van der Waals surface area (Å²) in [6, 6.07) is 3.95. The lowest BCUT2D eigenvalue weighted by Gasteiger charge is -2.43. The number of likely N-dealkylation sites (tertiary alicyclic amines) is 2. The first kappa shape index (κ1) is 16.7. The Bertz CT molecular complexity index is 752. The molecule has 25 heavy (non-hydrogen) atoms. The topological polar surface area (TPSA) is 49.3 Å². The summed E-state index contributed by atoms with van der Waals surface area (Å²) in [6.07, 6.45) is 6.60. The maximum atomic E-state index is 12.8. The molecule has 4 rings (SSSR count). The zero-order valence-corrected chi connectivity index (χ0v) is 15.6. The van der Waals surface area contributed by atoms with Gasteiger partial charge in [0.15, 0.2) is 0 Å². The average molecular weight is 356 g/mol. The minimum absolute atomic E-state index is 0.00603. The van der Waals surface area contributed by atoms with Crippen molar-refractivity contribution >= 4 is 17.2 Å². The zero-order valence-electron chi connectivity index (χ0n) is 14.8. The third-order valence-electron chi connectivity index (χ3n) is 5.85. The summed E-state index contributed by atoms with van der Waals surface area (Å²) in [4.78, 5) is 26.1. The van der Waals surface area contributed by atoms with Gasteiger partial charge in [-0.2, -0.15) is 0 Å². The summed E-state index contributed by atoms with van der Waals surface area (Å²) < 4.78 is 0. The van der Waals surface area contributed by atoms with Gasteiger partial charge in [0.2, 0.25) is 5.91 Å². The number of aromatic nitrogens is 2. The molecule has 2 aliphatic rings. The number of pyridine rings is 1. The Balaban J connectivity index is 1.44. The molecule has 2 aromatic rings. The van der Waals surface area contributed by atoms with E-state index in [1.807, 2.05) is 30.3 Å². The van der Waals surface area contributed by atoms with Crippen LogP contribution in [0.3, 0.4) is 0 Å². The molecular weight excluding hydrogens is 332 g/mol. The standard InChI is InChI=1S/C19H24N4OS/c1-14-21-16(13-25-14)12-23-8-5-19(6-9-23)10-17(18(24)22(19)2)15-4-3-7-20-11-15/h3-4,7,11,13,17H,5-6,8-10,12H2,1-2H3/t17-/m0/s1. The number of rotatable bonds is 3. The van der Waals surface area contributed by atoms with Gasteiger partial charge in [0, 0.05) is 50.0 Å². The second kappa shape index (κ2) is 6.50. The fourth-order valence-electron chi connectivity index (χ4n) is 4.29. The number of carbonyl (C=O) groups is 1. The molecule has 4 heterocycles. The smallest absolute Gasteiger partial charge is 0.230 e. The van der Waals surface area contributed by atoms with Gasteiger partial charge in [-0.05, 0) is 37.8 Å². The Kier molecular flexibility index (Phi) is 4.33. The number of hydrogen-bond donors (Lipinski definition) is 0. The molecule has 0 radical (unpaired) electrons. The fraction of sp³-hybridized carbons (Fsp3) is 0.526. The maximum absolute atomic E-state index is 12.8. The van der Waals surface area contributed by atoms with Crippen LogP contribution in [-0.4, -0.2) is 51.4 Å². The first-order valence-corrected chi connectivity index (χ1v) is 9.76. The van der Waals surface area contributed by atoms with Crippen molar-refractivity contribution in [3.05, 3.63) is 46.2 Å². The van der Waals surface area contributed by atoms with Crippen LogP contribution >= 0.6 is 11.3 Å². The van der Waals surface area contributed by atoms with E-state index in [0.717, 1.165) is 49.5 Å². The van der Waals surface area contributed by atoms with Gasteiger partial charge in [0.1, 0.15) is 0 Å². The first-order valence-electron chi connectivity index (χ1n) is 8.88. The molecule has 2 aliphatic heterocycles. The minimum atomic E-state index is -0.0357. The highest BCUT2D eigenvalue weighted by molar-refractivity contribution is 7.09. The normalized spacial score (nSPS) is 23.5. The lowest BCUT2D eigenvalue weighted by molar-refractivity contribution is -0.131. The van der Waals surface area contributed by atoms with Gasteiger partial charge in [-0.15, -0.1) is 11.3 Å². The number of likely N-dealkylation sites (N-methyl/N-ethyl adjacent to an activating group) is 1. The fourth-order valence-corrected chi connectivity index (χ4v) is 4.89. The van der Waals surface area contributed by atoms with Gasteiger partial charge in [-0.1, -0.05) is 6.07 Å². The zero-order chi connectivity index (χ0) is 17.4. The molecule has 0 N–H and O–H groups in total. The first-order chi connectivity index (χ1) is 12.1. The van der Waals surface area contributed by atoms with E-state index < -0.39 is 0 Å². The minimum Gasteiger partial charge on any atom is -0.339 e. The molecule has 0 unspecified atom stereocenters. The summed E-state index contributed by atoms with van der Waals surface area (Å²) in [5.41, 5.74) is 2.23. The van der Waals surface area contributed by atoms with E-state index in [2.05, 4.69) is 27.2 Å². The second-order valence-electron chi connectivity index (χ2n) is 7.30. The molecular formula is C19H24N4OS. The quantitative estimate of drug-likeness (QED) is 0.848. The van der Waals surface area contributed by atoms with Crippen LogP contribution in [0.2, 0.25) is 0 Å². The van der Waals surface area contributed by atoms with Gasteiger partial charge in [0.05, 0.1) is 16.6 Å². The predicted molar refractivity (Wildman–Crippen MR) is 98.5 cm³/mol. The molecule has 2 saturated heterocycles. The summed E-state index contributed by atoms with van der Waals surface area (Å²) in [7, 11) is 1.98. The van der Waals surface area contributed by atoms with Crippen molar-refractivity contribution in [3.8, 4) is 0 Å². The second-order valence-corrected chi connectivity index (χ2v) is 8.36. The van der Waals surface area contributed by atoms with Crippen molar-refractivity contribution in [1.82, 2.24) is 19.8 Å². The summed E-state index contributed by atoms with van der Waals surface area (Å²) in [5.74, 6) is 0.211. The summed E-state index contributed by atoms with van der Waals surface area (Å²) in [6.45, 7) is 5.02. The van der Waals surface area contributed by atoms with Crippen LogP contribution in [0.4, 0.5) is 0 Å². The van der Waals surface area contributed by atoms with Crippen molar-refractivity contribution < 1.29 is 4.79 Å². The Hall–Kier alpha value is -1.79. The highest BCUT2D eigenvalue weighted by atomic mass is 32.1. The SMILES string of the molecule is Cc1nc(CN2CCC3(CC2)C[C@@H](c2cccnc2)C(=O)N3C)cs1. The van der Waals surface area contributed by atoms with E-state index >= 15 is 0 Å². The number of aryl methyl sites for hydroxylation is 1. The van der Waals surface area contributed by atoms with Crippen LogP contribution < -0.4 is 0 Å². The lowest BCUT2D eigenvalue weighted by atomic mass is 9.81. The number of hydrogen-bond acceptors (Lipinski definition) is 5. The van der Waals surface area contributed by atoms with E-state index in [4.69, 9.17) is 0 Å². The molecule has 0 saturated carbocycles. The number of carbonyl (C=O) groups excluding carboxylic acids is 1. The summed E-state index contributed by atoms with van der Waals surface area (Å²) >= 11 is 1.71. The highest BCUT2D eigenvalue weighted by Gasteiger charge is 2.50. The lowest BCUT2D eigenvalue weighted by Crippen LogP contribution is -2.51. The van der Waals surface area contributed by atoms with Gasteiger partial charge in [-0.25, -0.2) is 4.98 Å². The Morgan fingerprint density at radius 2 is 2.16 bits per heavy atom. The Morgan fingerprint density at radius 3 is 2.80 bits per heavy atom. The third kappa shape index (κ3) is 3.09. The number of amides is 1. The number of piperidine rings is 1. The average Bonchev–Trinajstić information content (AvgIpc) is 3.15. The van der Waals surface area contributed by atoms with E-state index in [-0.39, 0.29) is 17.4 Å². The van der Waals surface area contributed by atoms with Crippen LogP contribution in [-0.2, 0) is 11.3 Å². The molecule has 132 valence electrons. The molecule has 1 spiro atoms. The van der Waals surface area contributed by atoms with Crippen LogP contribution in [0, 0.1) is 6.92 Å². The van der Waals surface area contributed by atoms with Gasteiger partial charge in [-0.3, -0.25) is 14.7 Å². The van der Waals surface area contributed by atoms with E-state index in [9.17, 15) is 4.79 Å². The number of thiazole rings is 1. The molecule has 2 fully saturated rings. The third-order valence-corrected chi connectivity index (χ3v) is 6.67. The van der Waals surface area contributed by atoms with Crippen LogP contribution in [0.5, 0.6) is 0 Å². The van der Waals surface area contributed by atoms with Crippen LogP contribution in [0.15, 0.2) is 29.9 Å². The monoisotopic (exact) mass is 356 g/mol. The van der Waals surface area contributed by atoms with Crippen molar-refractivity contribution in [1.29, 1.82) is 0 Å². The molecule has 5 nitrogen and oxygen atoms in total. The van der Waals surface area contributed by atoms with Gasteiger partial charge < -0.3 is 4.90 Å². The molecule has 1 amide bonds. The molecule has 1 atom stereocenters. The molecule has 6 heteroatoms. The van der Waals surface area contributed by atoms with E-state index in [1.54, 1.807) is 17.5 Å². The maximum Gasteiger partial charge on any atom is 0.230 e.